The quantitative estimate of drug-likeness (QED) is 0.456. The van der Waals surface area contributed by atoms with Crippen LogP contribution >= 0.6 is 0 Å². The standard InChI is InChI=1S/C19H30N4O3/c1-3-20-18(21-10-15-25-16-17-8-6-5-7-9-17)22-11-13-23(14-12-22)19(24)26-4-2/h5-9H,3-4,10-16H2,1-2H3,(H,20,21). The number of rotatable bonds is 7. The lowest BCUT2D eigenvalue weighted by Gasteiger charge is -2.35. The number of guanidine groups is 1. The van der Waals surface area contributed by atoms with Gasteiger partial charge in [0, 0.05) is 32.7 Å². The minimum absolute atomic E-state index is 0.233. The highest BCUT2D eigenvalue weighted by Gasteiger charge is 2.23. The van der Waals surface area contributed by atoms with Crippen LogP contribution in [0.5, 0.6) is 0 Å². The lowest BCUT2D eigenvalue weighted by atomic mass is 10.2. The van der Waals surface area contributed by atoms with E-state index in [4.69, 9.17) is 9.47 Å². The van der Waals surface area contributed by atoms with Gasteiger partial charge < -0.3 is 24.6 Å². The SMILES string of the molecule is CCNC(=NCCOCc1ccccc1)N1CCN(C(=O)OCC)CC1. The second-order valence-electron chi connectivity index (χ2n) is 5.95. The van der Waals surface area contributed by atoms with Crippen molar-refractivity contribution >= 4 is 12.1 Å². The zero-order valence-electron chi connectivity index (χ0n) is 15.8. The molecule has 1 heterocycles. The fraction of sp³-hybridized carbons (Fsp3) is 0.579. The molecule has 2 rings (SSSR count). The van der Waals surface area contributed by atoms with Gasteiger partial charge in [-0.05, 0) is 19.4 Å². The van der Waals surface area contributed by atoms with E-state index >= 15 is 0 Å². The zero-order chi connectivity index (χ0) is 18.6. The average Bonchev–Trinajstić information content (AvgIpc) is 2.68. The average molecular weight is 362 g/mol. The molecule has 7 nitrogen and oxygen atoms in total. The summed E-state index contributed by atoms with van der Waals surface area (Å²) in [5.74, 6) is 0.874. The van der Waals surface area contributed by atoms with E-state index in [1.54, 1.807) is 4.90 Å². The van der Waals surface area contributed by atoms with Gasteiger partial charge in [0.25, 0.3) is 0 Å². The van der Waals surface area contributed by atoms with Crippen LogP contribution in [0.15, 0.2) is 35.3 Å². The van der Waals surface area contributed by atoms with Crippen molar-refractivity contribution in [3.05, 3.63) is 35.9 Å². The predicted octanol–water partition coefficient (Wildman–Crippen LogP) is 1.94. The molecule has 144 valence electrons. The Labute approximate surface area is 156 Å². The molecule has 1 aromatic rings. The van der Waals surface area contributed by atoms with Crippen LogP contribution in [0.2, 0.25) is 0 Å². The Morgan fingerprint density at radius 3 is 2.46 bits per heavy atom. The van der Waals surface area contributed by atoms with Gasteiger partial charge in [0.05, 0.1) is 26.4 Å². The molecule has 0 saturated carbocycles. The summed E-state index contributed by atoms with van der Waals surface area (Å²) in [5.41, 5.74) is 1.17. The molecule has 1 N–H and O–H groups in total. The number of hydrogen-bond donors (Lipinski definition) is 1. The van der Waals surface area contributed by atoms with Crippen molar-refractivity contribution in [3.63, 3.8) is 0 Å². The number of hydrogen-bond acceptors (Lipinski definition) is 4. The molecule has 1 amide bonds. The van der Waals surface area contributed by atoms with Crippen molar-refractivity contribution in [2.24, 2.45) is 4.99 Å². The lowest BCUT2D eigenvalue weighted by molar-refractivity contribution is 0.0913. The maximum absolute atomic E-state index is 11.8. The molecule has 0 aromatic heterocycles. The van der Waals surface area contributed by atoms with Gasteiger partial charge in [-0.2, -0.15) is 0 Å². The van der Waals surface area contributed by atoms with Crippen LogP contribution in [0, 0.1) is 0 Å². The van der Waals surface area contributed by atoms with E-state index in [2.05, 4.69) is 34.3 Å². The van der Waals surface area contributed by atoms with Crippen molar-refractivity contribution < 1.29 is 14.3 Å². The van der Waals surface area contributed by atoms with Crippen LogP contribution in [-0.4, -0.2) is 74.3 Å². The Hall–Kier alpha value is -2.28. The molecule has 0 radical (unpaired) electrons. The predicted molar refractivity (Wildman–Crippen MR) is 102 cm³/mol. The summed E-state index contributed by atoms with van der Waals surface area (Å²) >= 11 is 0. The summed E-state index contributed by atoms with van der Waals surface area (Å²) in [6.07, 6.45) is -0.233. The molecular weight excluding hydrogens is 332 g/mol. The first-order valence-corrected chi connectivity index (χ1v) is 9.31. The molecule has 1 fully saturated rings. The molecule has 1 aliphatic heterocycles. The monoisotopic (exact) mass is 362 g/mol. The number of ether oxygens (including phenoxy) is 2. The largest absolute Gasteiger partial charge is 0.450 e. The van der Waals surface area contributed by atoms with E-state index in [0.717, 1.165) is 25.6 Å². The van der Waals surface area contributed by atoms with Gasteiger partial charge in [0.2, 0.25) is 0 Å². The number of nitrogens with zero attached hydrogens (tertiary/aromatic N) is 3. The second kappa shape index (κ2) is 11.4. The van der Waals surface area contributed by atoms with Crippen molar-refractivity contribution in [1.82, 2.24) is 15.1 Å². The molecule has 7 heteroatoms. The first-order chi connectivity index (χ1) is 12.7. The first-order valence-electron chi connectivity index (χ1n) is 9.31. The highest BCUT2D eigenvalue weighted by Crippen LogP contribution is 2.05. The van der Waals surface area contributed by atoms with Crippen LogP contribution in [0.4, 0.5) is 4.79 Å². The van der Waals surface area contributed by atoms with Gasteiger partial charge in [0.15, 0.2) is 5.96 Å². The van der Waals surface area contributed by atoms with E-state index in [0.29, 0.717) is 39.5 Å². The zero-order valence-corrected chi connectivity index (χ0v) is 15.8. The van der Waals surface area contributed by atoms with Crippen molar-refractivity contribution in [2.45, 2.75) is 20.5 Å². The summed E-state index contributed by atoms with van der Waals surface area (Å²) in [5, 5.41) is 3.32. The molecule has 1 saturated heterocycles. The van der Waals surface area contributed by atoms with Crippen molar-refractivity contribution in [1.29, 1.82) is 0 Å². The number of nitrogens with one attached hydrogen (secondary N) is 1. The second-order valence-corrected chi connectivity index (χ2v) is 5.95. The van der Waals surface area contributed by atoms with Gasteiger partial charge in [-0.15, -0.1) is 0 Å². The van der Waals surface area contributed by atoms with E-state index in [1.165, 1.54) is 5.56 Å². The number of benzene rings is 1. The minimum atomic E-state index is -0.233. The smallest absolute Gasteiger partial charge is 0.409 e. The van der Waals surface area contributed by atoms with Crippen LogP contribution in [0.1, 0.15) is 19.4 Å². The number of carbonyl (C=O) groups excluding carboxylic acids is 1. The Bertz CT molecular complexity index is 557. The summed E-state index contributed by atoms with van der Waals surface area (Å²) in [7, 11) is 0. The van der Waals surface area contributed by atoms with Crippen molar-refractivity contribution in [2.75, 3.05) is 52.5 Å². The molecule has 1 aliphatic rings. The molecule has 26 heavy (non-hydrogen) atoms. The number of amides is 1. The topological polar surface area (TPSA) is 66.4 Å². The van der Waals surface area contributed by atoms with Crippen LogP contribution in [-0.2, 0) is 16.1 Å². The number of carbonyl (C=O) groups is 1. The molecular formula is C19H30N4O3. The summed E-state index contributed by atoms with van der Waals surface area (Å²) in [6, 6.07) is 10.1. The summed E-state index contributed by atoms with van der Waals surface area (Å²) < 4.78 is 10.7. The number of aliphatic imine (C=N–C) groups is 1. The maximum Gasteiger partial charge on any atom is 0.409 e. The van der Waals surface area contributed by atoms with Crippen LogP contribution in [0.3, 0.4) is 0 Å². The van der Waals surface area contributed by atoms with E-state index in [9.17, 15) is 4.79 Å². The Balaban J connectivity index is 1.75. The van der Waals surface area contributed by atoms with Crippen LogP contribution < -0.4 is 5.32 Å². The third-order valence-electron chi connectivity index (χ3n) is 4.05. The molecule has 0 spiro atoms. The molecule has 0 unspecified atom stereocenters. The van der Waals surface area contributed by atoms with Gasteiger partial charge in [-0.25, -0.2) is 4.79 Å². The van der Waals surface area contributed by atoms with Gasteiger partial charge in [-0.1, -0.05) is 30.3 Å². The van der Waals surface area contributed by atoms with E-state index in [-0.39, 0.29) is 6.09 Å². The Morgan fingerprint density at radius 1 is 1.12 bits per heavy atom. The van der Waals surface area contributed by atoms with Crippen LogP contribution in [0.25, 0.3) is 0 Å². The number of piperazine rings is 1. The summed E-state index contributed by atoms with van der Waals surface area (Å²) in [6.45, 7) is 9.66. The molecule has 1 aromatic carbocycles. The third kappa shape index (κ3) is 6.55. The normalized spacial score (nSPS) is 15.1. The Kier molecular flexibility index (Phi) is 8.75. The fourth-order valence-corrected chi connectivity index (χ4v) is 2.72. The maximum atomic E-state index is 11.8. The molecule has 0 bridgehead atoms. The van der Waals surface area contributed by atoms with Gasteiger partial charge in [-0.3, -0.25) is 4.99 Å². The van der Waals surface area contributed by atoms with E-state index in [1.807, 2.05) is 25.1 Å². The minimum Gasteiger partial charge on any atom is -0.450 e. The lowest BCUT2D eigenvalue weighted by Crippen LogP contribution is -2.54. The summed E-state index contributed by atoms with van der Waals surface area (Å²) in [4.78, 5) is 20.3. The fourth-order valence-electron chi connectivity index (χ4n) is 2.72. The Morgan fingerprint density at radius 2 is 1.81 bits per heavy atom. The third-order valence-corrected chi connectivity index (χ3v) is 4.05. The highest BCUT2D eigenvalue weighted by molar-refractivity contribution is 5.80. The van der Waals surface area contributed by atoms with Gasteiger partial charge >= 0.3 is 6.09 Å². The van der Waals surface area contributed by atoms with Crippen molar-refractivity contribution in [3.8, 4) is 0 Å². The highest BCUT2D eigenvalue weighted by atomic mass is 16.6. The van der Waals surface area contributed by atoms with Gasteiger partial charge in [0.1, 0.15) is 0 Å². The first kappa shape index (κ1) is 20.0. The molecule has 0 aliphatic carbocycles. The van der Waals surface area contributed by atoms with E-state index < -0.39 is 0 Å². The molecule has 0 atom stereocenters.